The molecule has 4 nitrogen and oxygen atoms in total. The third-order valence-corrected chi connectivity index (χ3v) is 4.80. The smallest absolute Gasteiger partial charge is 0.236 e. The van der Waals surface area contributed by atoms with Gasteiger partial charge in [-0.2, -0.15) is 4.31 Å². The van der Waals surface area contributed by atoms with Crippen LogP contribution < -0.4 is 4.90 Å². The Hall–Kier alpha value is -1.40. The third-order valence-electron chi connectivity index (χ3n) is 3.10. The molecule has 1 heterocycles. The van der Waals surface area contributed by atoms with Gasteiger partial charge < -0.3 is 4.90 Å². The van der Waals surface area contributed by atoms with Crippen LogP contribution in [0.2, 0.25) is 0 Å². The molecular weight excluding hydrogens is 267 g/mol. The first kappa shape index (κ1) is 14.0. The minimum Gasteiger partial charge on any atom is -0.369 e. The summed E-state index contributed by atoms with van der Waals surface area (Å²) in [7, 11) is -3.28. The van der Waals surface area contributed by atoms with Gasteiger partial charge in [-0.25, -0.2) is 12.8 Å². The van der Waals surface area contributed by atoms with Crippen LogP contribution in [0.3, 0.4) is 0 Å². The summed E-state index contributed by atoms with van der Waals surface area (Å²) in [6.07, 6.45) is 1.53. The lowest BCUT2D eigenvalue weighted by atomic mass is 10.2. The summed E-state index contributed by atoms with van der Waals surface area (Å²) in [4.78, 5) is 2.06. The van der Waals surface area contributed by atoms with Gasteiger partial charge in [-0.3, -0.25) is 0 Å². The van der Waals surface area contributed by atoms with Crippen molar-refractivity contribution >= 4 is 15.7 Å². The van der Waals surface area contributed by atoms with Crippen LogP contribution >= 0.6 is 0 Å². The molecule has 1 aliphatic rings. The number of benzene rings is 1. The lowest BCUT2D eigenvalue weighted by Gasteiger charge is -2.34. The van der Waals surface area contributed by atoms with Gasteiger partial charge in [0.15, 0.2) is 0 Å². The zero-order chi connectivity index (χ0) is 13.9. The number of nitrogens with zero attached hydrogens (tertiary/aromatic N) is 2. The standard InChI is InChI=1S/C13H17FN2O2S/c1-2-11-19(17,18)16-9-7-15(8-10-16)13-5-3-12(14)4-6-13/h2-6,11H,7-10H2,1H3/b11-2+. The predicted molar refractivity (Wildman–Crippen MR) is 73.9 cm³/mol. The summed E-state index contributed by atoms with van der Waals surface area (Å²) in [6, 6.07) is 6.26. The number of anilines is 1. The fourth-order valence-electron chi connectivity index (χ4n) is 2.11. The number of allylic oxidation sites excluding steroid dienone is 1. The Labute approximate surface area is 113 Å². The van der Waals surface area contributed by atoms with Gasteiger partial charge in [0.2, 0.25) is 10.0 Å². The van der Waals surface area contributed by atoms with E-state index in [0.717, 1.165) is 5.69 Å². The predicted octanol–water partition coefficient (Wildman–Crippen LogP) is 1.81. The molecule has 1 fully saturated rings. The molecule has 1 saturated heterocycles. The first-order valence-corrected chi connectivity index (χ1v) is 7.66. The van der Waals surface area contributed by atoms with Crippen LogP contribution in [0.15, 0.2) is 35.7 Å². The van der Waals surface area contributed by atoms with Gasteiger partial charge in [-0.15, -0.1) is 0 Å². The zero-order valence-corrected chi connectivity index (χ0v) is 11.6. The second-order valence-corrected chi connectivity index (χ2v) is 6.20. The molecular formula is C13H17FN2O2S. The summed E-state index contributed by atoms with van der Waals surface area (Å²) in [6.45, 7) is 3.81. The summed E-state index contributed by atoms with van der Waals surface area (Å²) >= 11 is 0. The number of sulfonamides is 1. The molecule has 104 valence electrons. The molecule has 0 aliphatic carbocycles. The largest absolute Gasteiger partial charge is 0.369 e. The molecule has 0 spiro atoms. The van der Waals surface area contributed by atoms with E-state index >= 15 is 0 Å². The van der Waals surface area contributed by atoms with Crippen LogP contribution in [-0.4, -0.2) is 38.9 Å². The Morgan fingerprint density at radius 2 is 1.68 bits per heavy atom. The normalized spacial score (nSPS) is 18.1. The zero-order valence-electron chi connectivity index (χ0n) is 10.8. The fourth-order valence-corrected chi connectivity index (χ4v) is 3.30. The average molecular weight is 284 g/mol. The number of hydrogen-bond acceptors (Lipinski definition) is 3. The van der Waals surface area contributed by atoms with E-state index in [1.165, 1.54) is 27.9 Å². The van der Waals surface area contributed by atoms with Crippen molar-refractivity contribution in [3.8, 4) is 0 Å². The van der Waals surface area contributed by atoms with Gasteiger partial charge in [-0.05, 0) is 31.2 Å². The maximum Gasteiger partial charge on any atom is 0.236 e. The maximum atomic E-state index is 12.8. The molecule has 0 saturated carbocycles. The Kier molecular flexibility index (Phi) is 4.21. The van der Waals surface area contributed by atoms with Gasteiger partial charge in [-0.1, -0.05) is 6.08 Å². The second-order valence-electron chi connectivity index (χ2n) is 4.38. The highest BCUT2D eigenvalue weighted by Crippen LogP contribution is 2.18. The molecule has 1 aromatic carbocycles. The van der Waals surface area contributed by atoms with Crippen LogP contribution in [0, 0.1) is 5.82 Å². The van der Waals surface area contributed by atoms with E-state index in [4.69, 9.17) is 0 Å². The molecule has 0 bridgehead atoms. The van der Waals surface area contributed by atoms with Crippen LogP contribution in [0.4, 0.5) is 10.1 Å². The lowest BCUT2D eigenvalue weighted by Crippen LogP contribution is -2.48. The summed E-state index contributed by atoms with van der Waals surface area (Å²) in [5.41, 5.74) is 0.921. The first-order valence-electron chi connectivity index (χ1n) is 6.16. The molecule has 6 heteroatoms. The van der Waals surface area contributed by atoms with Gasteiger partial charge >= 0.3 is 0 Å². The molecule has 1 aliphatic heterocycles. The van der Waals surface area contributed by atoms with Crippen molar-refractivity contribution in [3.05, 3.63) is 41.6 Å². The van der Waals surface area contributed by atoms with Crippen LogP contribution in [0.5, 0.6) is 0 Å². The number of rotatable bonds is 3. The third kappa shape index (κ3) is 3.33. The van der Waals surface area contributed by atoms with Crippen molar-refractivity contribution < 1.29 is 12.8 Å². The molecule has 0 unspecified atom stereocenters. The fraction of sp³-hybridized carbons (Fsp3) is 0.385. The van der Waals surface area contributed by atoms with Crippen molar-refractivity contribution in [2.75, 3.05) is 31.1 Å². The maximum absolute atomic E-state index is 12.8. The van der Waals surface area contributed by atoms with Gasteiger partial charge in [0, 0.05) is 37.3 Å². The minimum atomic E-state index is -3.28. The van der Waals surface area contributed by atoms with Crippen molar-refractivity contribution in [3.63, 3.8) is 0 Å². The summed E-state index contributed by atoms with van der Waals surface area (Å²) in [5.74, 6) is -0.266. The highest BCUT2D eigenvalue weighted by molar-refractivity contribution is 7.92. The molecule has 19 heavy (non-hydrogen) atoms. The van der Waals surface area contributed by atoms with Gasteiger partial charge in [0.05, 0.1) is 0 Å². The van der Waals surface area contributed by atoms with Crippen LogP contribution in [0.1, 0.15) is 6.92 Å². The van der Waals surface area contributed by atoms with E-state index < -0.39 is 10.0 Å². The van der Waals surface area contributed by atoms with E-state index in [2.05, 4.69) is 4.90 Å². The molecule has 0 amide bonds. The van der Waals surface area contributed by atoms with Crippen molar-refractivity contribution in [1.29, 1.82) is 0 Å². The SMILES string of the molecule is C/C=C/S(=O)(=O)N1CCN(c2ccc(F)cc2)CC1. The van der Waals surface area contributed by atoms with E-state index in [0.29, 0.717) is 26.2 Å². The van der Waals surface area contributed by atoms with Crippen molar-refractivity contribution in [2.45, 2.75) is 6.92 Å². The highest BCUT2D eigenvalue weighted by Gasteiger charge is 2.24. The topological polar surface area (TPSA) is 40.6 Å². The second kappa shape index (κ2) is 5.71. The molecule has 0 N–H and O–H groups in total. The highest BCUT2D eigenvalue weighted by atomic mass is 32.2. The molecule has 0 atom stereocenters. The quantitative estimate of drug-likeness (QED) is 0.850. The van der Waals surface area contributed by atoms with E-state index in [1.807, 2.05) is 0 Å². The Bertz CT molecular complexity index is 547. The number of halogens is 1. The molecule has 2 rings (SSSR count). The number of hydrogen-bond donors (Lipinski definition) is 0. The Morgan fingerprint density at radius 3 is 2.21 bits per heavy atom. The average Bonchev–Trinajstić information content (AvgIpc) is 2.40. The van der Waals surface area contributed by atoms with Gasteiger partial charge in [0.25, 0.3) is 0 Å². The Balaban J connectivity index is 2.01. The summed E-state index contributed by atoms with van der Waals surface area (Å²) in [5, 5.41) is 1.22. The number of piperazine rings is 1. The first-order chi connectivity index (χ1) is 9.03. The van der Waals surface area contributed by atoms with Gasteiger partial charge in [0.1, 0.15) is 5.82 Å². The lowest BCUT2D eigenvalue weighted by molar-refractivity contribution is 0.390. The van der Waals surface area contributed by atoms with E-state index in [1.54, 1.807) is 19.1 Å². The molecule has 0 aromatic heterocycles. The minimum absolute atomic E-state index is 0.266. The van der Waals surface area contributed by atoms with Crippen LogP contribution in [0.25, 0.3) is 0 Å². The van der Waals surface area contributed by atoms with Crippen molar-refractivity contribution in [1.82, 2.24) is 4.31 Å². The Morgan fingerprint density at radius 1 is 1.11 bits per heavy atom. The summed E-state index contributed by atoms with van der Waals surface area (Å²) < 4.78 is 38.0. The van der Waals surface area contributed by atoms with Crippen LogP contribution in [-0.2, 0) is 10.0 Å². The monoisotopic (exact) mass is 284 g/mol. The molecule has 1 aromatic rings. The van der Waals surface area contributed by atoms with Crippen molar-refractivity contribution in [2.24, 2.45) is 0 Å². The van der Waals surface area contributed by atoms with E-state index in [-0.39, 0.29) is 5.82 Å². The van der Waals surface area contributed by atoms with E-state index in [9.17, 15) is 12.8 Å². The molecule has 0 radical (unpaired) electrons.